The Hall–Kier alpha value is -1.99. The molecule has 2 saturated carbocycles. The average molecular weight is 463 g/mol. The van der Waals surface area contributed by atoms with Gasteiger partial charge < -0.3 is 20.5 Å². The number of ether oxygens (including phenoxy) is 1. The normalized spacial score (nSPS) is 32.5. The van der Waals surface area contributed by atoms with Crippen LogP contribution in [-0.2, 0) is 20.9 Å². The van der Waals surface area contributed by atoms with Gasteiger partial charge in [-0.1, -0.05) is 32.9 Å². The zero-order valence-electron chi connectivity index (χ0n) is 20.3. The van der Waals surface area contributed by atoms with Gasteiger partial charge in [-0.05, 0) is 66.5 Å². The van der Waals surface area contributed by atoms with Gasteiger partial charge in [0.2, 0.25) is 11.8 Å². The molecule has 0 heterocycles. The average Bonchev–Trinajstić information content (AvgIpc) is 2.78. The van der Waals surface area contributed by atoms with Crippen LogP contribution in [0.4, 0.5) is 4.39 Å². The second kappa shape index (κ2) is 11.0. The predicted octanol–water partition coefficient (Wildman–Crippen LogP) is 3.42. The topological polar surface area (TPSA) is 87.7 Å². The number of hydrogen-bond acceptors (Lipinski definition) is 4. The Labute approximate surface area is 196 Å². The first-order chi connectivity index (χ1) is 15.7. The lowest BCUT2D eigenvalue weighted by molar-refractivity contribution is -0.144. The fourth-order valence-electron chi connectivity index (χ4n) is 6.12. The van der Waals surface area contributed by atoms with Crippen molar-refractivity contribution in [3.63, 3.8) is 0 Å². The van der Waals surface area contributed by atoms with Crippen molar-refractivity contribution in [3.05, 3.63) is 35.6 Å². The van der Waals surface area contributed by atoms with Crippen molar-refractivity contribution < 1.29 is 23.8 Å². The molecule has 0 spiro atoms. The molecular formula is C26H39FN2O4. The molecule has 1 aromatic carbocycles. The fraction of sp³-hybridized carbons (Fsp3) is 0.692. The second-order valence-electron chi connectivity index (χ2n) is 10.3. The number of hydrogen-bond donors (Lipinski definition) is 3. The third-order valence-corrected chi connectivity index (χ3v) is 8.20. The van der Waals surface area contributed by atoms with E-state index in [0.29, 0.717) is 19.6 Å². The molecule has 2 aliphatic rings. The summed E-state index contributed by atoms with van der Waals surface area (Å²) in [6.07, 6.45) is 3.34. The molecule has 2 amide bonds. The molecule has 0 radical (unpaired) electrons. The van der Waals surface area contributed by atoms with Crippen LogP contribution in [0.5, 0.6) is 0 Å². The highest BCUT2D eigenvalue weighted by atomic mass is 19.1. The number of fused-ring (bicyclic) bond motifs is 1. The molecule has 184 valence electrons. The van der Waals surface area contributed by atoms with Gasteiger partial charge in [0.05, 0.1) is 12.7 Å². The van der Waals surface area contributed by atoms with Gasteiger partial charge in [-0.2, -0.15) is 0 Å². The highest BCUT2D eigenvalue weighted by Gasteiger charge is 2.53. The van der Waals surface area contributed by atoms with Crippen molar-refractivity contribution in [2.45, 2.75) is 71.6 Å². The molecule has 0 aliphatic heterocycles. The zero-order chi connectivity index (χ0) is 24.2. The van der Waals surface area contributed by atoms with E-state index in [0.717, 1.165) is 31.2 Å². The summed E-state index contributed by atoms with van der Waals surface area (Å²) >= 11 is 0. The van der Waals surface area contributed by atoms with Crippen molar-refractivity contribution in [3.8, 4) is 0 Å². The molecule has 33 heavy (non-hydrogen) atoms. The minimum atomic E-state index is -0.607. The lowest BCUT2D eigenvalue weighted by atomic mass is 9.51. The minimum Gasteiger partial charge on any atom is -0.392 e. The minimum absolute atomic E-state index is 0.00734. The summed E-state index contributed by atoms with van der Waals surface area (Å²) in [5.41, 5.74) is 0.842. The number of benzene rings is 1. The number of halogens is 1. The number of carbonyl (C=O) groups is 2. The van der Waals surface area contributed by atoms with E-state index in [1.807, 2.05) is 6.92 Å². The molecule has 1 aromatic rings. The van der Waals surface area contributed by atoms with Gasteiger partial charge in [0, 0.05) is 32.0 Å². The van der Waals surface area contributed by atoms with Crippen LogP contribution in [0, 0.1) is 34.9 Å². The molecule has 6 nitrogen and oxygen atoms in total. The van der Waals surface area contributed by atoms with E-state index < -0.39 is 6.10 Å². The number of rotatable bonds is 8. The molecule has 7 atom stereocenters. The molecular weight excluding hydrogens is 423 g/mol. The third kappa shape index (κ3) is 5.93. The molecule has 2 aliphatic carbocycles. The van der Waals surface area contributed by atoms with E-state index in [1.165, 1.54) is 12.1 Å². The van der Waals surface area contributed by atoms with Gasteiger partial charge in [-0.15, -0.1) is 0 Å². The Balaban J connectivity index is 1.63. The SMILES string of the molecule is COCCC(=O)N[C@H]1CC[C@]2(C)CCC([C@H](C)C(=O)NCc3ccc(F)cc3)[C@H](O)[C@H]2[C@@H]1C. The van der Waals surface area contributed by atoms with Gasteiger partial charge >= 0.3 is 0 Å². The van der Waals surface area contributed by atoms with Crippen LogP contribution < -0.4 is 10.6 Å². The highest BCUT2D eigenvalue weighted by molar-refractivity contribution is 5.78. The van der Waals surface area contributed by atoms with E-state index >= 15 is 0 Å². The Morgan fingerprint density at radius 3 is 2.58 bits per heavy atom. The number of carbonyl (C=O) groups excluding carboxylic acids is 2. The number of methoxy groups -OCH3 is 1. The van der Waals surface area contributed by atoms with Gasteiger partial charge in [0.15, 0.2) is 0 Å². The quantitative estimate of drug-likeness (QED) is 0.552. The molecule has 0 bridgehead atoms. The first-order valence-corrected chi connectivity index (χ1v) is 12.1. The Kier molecular flexibility index (Phi) is 8.51. The maximum Gasteiger partial charge on any atom is 0.223 e. The van der Waals surface area contributed by atoms with Crippen LogP contribution >= 0.6 is 0 Å². The van der Waals surface area contributed by atoms with Crippen LogP contribution in [0.3, 0.4) is 0 Å². The highest BCUT2D eigenvalue weighted by Crippen LogP contribution is 2.55. The largest absolute Gasteiger partial charge is 0.392 e. The van der Waals surface area contributed by atoms with Crippen LogP contribution in [0.25, 0.3) is 0 Å². The number of amides is 2. The summed E-state index contributed by atoms with van der Waals surface area (Å²) in [6.45, 7) is 6.97. The Morgan fingerprint density at radius 1 is 1.24 bits per heavy atom. The summed E-state index contributed by atoms with van der Waals surface area (Å²) < 4.78 is 18.1. The maximum atomic E-state index is 13.1. The summed E-state index contributed by atoms with van der Waals surface area (Å²) in [7, 11) is 1.58. The number of aliphatic hydroxyl groups is 1. The Morgan fingerprint density at radius 2 is 1.91 bits per heavy atom. The van der Waals surface area contributed by atoms with Crippen molar-refractivity contribution in [1.29, 1.82) is 0 Å². The van der Waals surface area contributed by atoms with E-state index in [9.17, 15) is 19.1 Å². The first-order valence-electron chi connectivity index (χ1n) is 12.1. The molecule has 0 aromatic heterocycles. The molecule has 1 unspecified atom stereocenters. The molecule has 3 N–H and O–H groups in total. The summed E-state index contributed by atoms with van der Waals surface area (Å²) in [6, 6.07) is 6.10. The number of aliphatic hydroxyl groups excluding tert-OH is 1. The smallest absolute Gasteiger partial charge is 0.223 e. The van der Waals surface area contributed by atoms with E-state index in [2.05, 4.69) is 24.5 Å². The lowest BCUT2D eigenvalue weighted by Crippen LogP contribution is -2.58. The van der Waals surface area contributed by atoms with E-state index in [4.69, 9.17) is 4.74 Å². The maximum absolute atomic E-state index is 13.1. The van der Waals surface area contributed by atoms with Crippen LogP contribution in [0.1, 0.15) is 58.4 Å². The summed E-state index contributed by atoms with van der Waals surface area (Å²) in [5.74, 6) is -0.766. The zero-order valence-corrected chi connectivity index (χ0v) is 20.3. The molecule has 0 saturated heterocycles. The summed E-state index contributed by atoms with van der Waals surface area (Å²) in [5, 5.41) is 17.6. The Bertz CT molecular complexity index is 817. The standard InChI is InChI=1S/C26H39FN2O4/c1-16(25(32)28-15-18-5-7-19(27)8-6-18)20-9-12-26(3)13-10-21(17(2)23(26)24(20)31)29-22(30)11-14-33-4/h5-8,16-17,20-21,23-24,31H,9-15H2,1-4H3,(H,28,32)(H,29,30)/t16-,17+,20?,21-,23+,24-,26-/m0/s1. The van der Waals surface area contributed by atoms with Crippen molar-refractivity contribution in [2.75, 3.05) is 13.7 Å². The molecule has 7 heteroatoms. The predicted molar refractivity (Wildman–Crippen MR) is 125 cm³/mol. The van der Waals surface area contributed by atoms with Gasteiger partial charge in [0.25, 0.3) is 0 Å². The monoisotopic (exact) mass is 462 g/mol. The van der Waals surface area contributed by atoms with Crippen LogP contribution in [0.2, 0.25) is 0 Å². The molecule has 2 fully saturated rings. The molecule has 3 rings (SSSR count). The number of nitrogens with one attached hydrogen (secondary N) is 2. The third-order valence-electron chi connectivity index (χ3n) is 8.20. The first kappa shape index (κ1) is 25.6. The van der Waals surface area contributed by atoms with E-state index in [1.54, 1.807) is 19.2 Å². The van der Waals surface area contributed by atoms with Gasteiger partial charge in [-0.25, -0.2) is 4.39 Å². The lowest BCUT2D eigenvalue weighted by Gasteiger charge is -2.56. The van der Waals surface area contributed by atoms with Crippen molar-refractivity contribution in [1.82, 2.24) is 10.6 Å². The van der Waals surface area contributed by atoms with Crippen LogP contribution in [-0.4, -0.2) is 42.8 Å². The van der Waals surface area contributed by atoms with Gasteiger partial charge in [-0.3, -0.25) is 9.59 Å². The second-order valence-corrected chi connectivity index (χ2v) is 10.3. The van der Waals surface area contributed by atoms with Crippen molar-refractivity contribution >= 4 is 11.8 Å². The fourth-order valence-corrected chi connectivity index (χ4v) is 6.12. The van der Waals surface area contributed by atoms with Crippen molar-refractivity contribution in [2.24, 2.45) is 29.1 Å². The summed E-state index contributed by atoms with van der Waals surface area (Å²) in [4.78, 5) is 25.2. The van der Waals surface area contributed by atoms with Crippen LogP contribution in [0.15, 0.2) is 24.3 Å². The van der Waals surface area contributed by atoms with Gasteiger partial charge in [0.1, 0.15) is 5.82 Å². The van der Waals surface area contributed by atoms with E-state index in [-0.39, 0.29) is 52.8 Å².